The summed E-state index contributed by atoms with van der Waals surface area (Å²) < 4.78 is 0.421. The monoisotopic (exact) mass is 299 g/mol. The molecule has 1 fully saturated rings. The maximum atomic E-state index is 4.63. The van der Waals surface area contributed by atoms with Crippen LogP contribution in [0.5, 0.6) is 0 Å². The number of thioether (sulfide) groups is 1. The maximum Gasteiger partial charge on any atom is 0.135 e. The van der Waals surface area contributed by atoms with E-state index in [1.165, 1.54) is 24.8 Å². The van der Waals surface area contributed by atoms with Crippen LogP contribution in [0.4, 0.5) is 5.82 Å². The zero-order chi connectivity index (χ0) is 14.5. The van der Waals surface area contributed by atoms with Gasteiger partial charge in [0.1, 0.15) is 11.6 Å². The Kier molecular flexibility index (Phi) is 4.44. The molecule has 3 nitrogen and oxygen atoms in total. The molecule has 1 N–H and O–H groups in total. The lowest BCUT2D eigenvalue weighted by Crippen LogP contribution is -2.40. The van der Waals surface area contributed by atoms with Gasteiger partial charge in [-0.1, -0.05) is 36.8 Å². The second kappa shape index (κ2) is 6.48. The van der Waals surface area contributed by atoms with Crippen molar-refractivity contribution in [3.05, 3.63) is 54.0 Å². The van der Waals surface area contributed by atoms with Gasteiger partial charge in [-0.05, 0) is 30.7 Å². The zero-order valence-corrected chi connectivity index (χ0v) is 13.2. The fraction of sp³-hybridized carbons (Fsp3) is 0.412. The molecule has 1 aromatic carbocycles. The van der Waals surface area contributed by atoms with E-state index in [9.17, 15) is 0 Å². The molecule has 0 bridgehead atoms. The Morgan fingerprint density at radius 3 is 2.67 bits per heavy atom. The summed E-state index contributed by atoms with van der Waals surface area (Å²) in [7, 11) is 0. The van der Waals surface area contributed by atoms with Crippen LogP contribution in [0.1, 0.15) is 30.7 Å². The van der Waals surface area contributed by atoms with Gasteiger partial charge in [0.05, 0.1) is 0 Å². The number of hydrogen-bond acceptors (Lipinski definition) is 4. The first-order valence-electron chi connectivity index (χ1n) is 7.45. The van der Waals surface area contributed by atoms with Crippen LogP contribution in [0.25, 0.3) is 0 Å². The van der Waals surface area contributed by atoms with Crippen molar-refractivity contribution in [3.8, 4) is 0 Å². The van der Waals surface area contributed by atoms with Gasteiger partial charge in [0.15, 0.2) is 0 Å². The summed E-state index contributed by atoms with van der Waals surface area (Å²) in [4.78, 5) is 9.01. The van der Waals surface area contributed by atoms with Crippen LogP contribution in [-0.2, 0) is 6.42 Å². The van der Waals surface area contributed by atoms with E-state index in [0.29, 0.717) is 4.75 Å². The van der Waals surface area contributed by atoms with E-state index in [1.807, 2.05) is 30.1 Å². The van der Waals surface area contributed by atoms with Crippen LogP contribution in [0.3, 0.4) is 0 Å². The smallest absolute Gasteiger partial charge is 0.135 e. The number of benzene rings is 1. The summed E-state index contributed by atoms with van der Waals surface area (Å²) in [5.41, 5.74) is 1.24. The lowest BCUT2D eigenvalue weighted by molar-refractivity contribution is 0.379. The highest BCUT2D eigenvalue weighted by molar-refractivity contribution is 8.00. The van der Waals surface area contributed by atoms with Crippen LogP contribution in [0.15, 0.2) is 42.6 Å². The first-order chi connectivity index (χ1) is 10.3. The highest BCUT2D eigenvalue weighted by Gasteiger charge is 2.35. The van der Waals surface area contributed by atoms with E-state index in [2.05, 4.69) is 45.8 Å². The van der Waals surface area contributed by atoms with Crippen molar-refractivity contribution in [1.29, 1.82) is 0 Å². The molecule has 1 aliphatic carbocycles. The maximum absolute atomic E-state index is 4.63. The normalized spacial score (nSPS) is 16.2. The first-order valence-corrected chi connectivity index (χ1v) is 8.67. The molecule has 0 atom stereocenters. The topological polar surface area (TPSA) is 37.8 Å². The van der Waals surface area contributed by atoms with Crippen molar-refractivity contribution in [2.75, 3.05) is 18.1 Å². The van der Waals surface area contributed by atoms with Crippen molar-refractivity contribution in [3.63, 3.8) is 0 Å². The molecule has 1 saturated carbocycles. The van der Waals surface area contributed by atoms with Crippen LogP contribution >= 0.6 is 11.8 Å². The molecule has 1 heterocycles. The molecule has 0 spiro atoms. The van der Waals surface area contributed by atoms with Crippen molar-refractivity contribution in [1.82, 2.24) is 9.97 Å². The van der Waals surface area contributed by atoms with Gasteiger partial charge >= 0.3 is 0 Å². The third-order valence-electron chi connectivity index (χ3n) is 4.20. The molecule has 0 amide bonds. The van der Waals surface area contributed by atoms with E-state index in [1.54, 1.807) is 0 Å². The van der Waals surface area contributed by atoms with Crippen LogP contribution < -0.4 is 5.32 Å². The largest absolute Gasteiger partial charge is 0.369 e. The number of nitrogens with zero attached hydrogens (tertiary/aromatic N) is 2. The molecule has 3 rings (SSSR count). The summed E-state index contributed by atoms with van der Waals surface area (Å²) >= 11 is 1.98. The van der Waals surface area contributed by atoms with E-state index in [4.69, 9.17) is 0 Å². The van der Waals surface area contributed by atoms with E-state index in [0.717, 1.165) is 24.6 Å². The molecule has 4 heteroatoms. The van der Waals surface area contributed by atoms with E-state index < -0.39 is 0 Å². The van der Waals surface area contributed by atoms with Crippen molar-refractivity contribution >= 4 is 17.6 Å². The third-order valence-corrected chi connectivity index (χ3v) is 5.62. The summed E-state index contributed by atoms with van der Waals surface area (Å²) in [5.74, 6) is 1.81. The number of anilines is 1. The minimum atomic E-state index is 0.421. The lowest BCUT2D eigenvalue weighted by atomic mass is 9.84. The minimum Gasteiger partial charge on any atom is -0.369 e. The summed E-state index contributed by atoms with van der Waals surface area (Å²) in [6.45, 7) is 0.996. The van der Waals surface area contributed by atoms with Gasteiger partial charge < -0.3 is 5.32 Å². The highest BCUT2D eigenvalue weighted by Crippen LogP contribution is 2.42. The Morgan fingerprint density at radius 2 is 2.00 bits per heavy atom. The SMILES string of the molecule is CSC1(CNc2ccnc(Cc3ccccc3)n2)CCC1. The Bertz CT molecular complexity index is 576. The number of hydrogen-bond donors (Lipinski definition) is 1. The molecule has 0 aliphatic heterocycles. The molecule has 110 valence electrons. The molecule has 0 unspecified atom stereocenters. The van der Waals surface area contributed by atoms with Gasteiger partial charge in [-0.2, -0.15) is 11.8 Å². The Hall–Kier alpha value is -1.55. The molecule has 21 heavy (non-hydrogen) atoms. The van der Waals surface area contributed by atoms with E-state index in [-0.39, 0.29) is 0 Å². The molecular weight excluding hydrogens is 278 g/mol. The van der Waals surface area contributed by atoms with Crippen molar-refractivity contribution in [2.24, 2.45) is 0 Å². The molecule has 0 radical (unpaired) electrons. The van der Waals surface area contributed by atoms with Crippen LogP contribution in [0.2, 0.25) is 0 Å². The van der Waals surface area contributed by atoms with Gasteiger partial charge in [0.2, 0.25) is 0 Å². The second-order valence-corrected chi connectivity index (χ2v) is 6.89. The van der Waals surface area contributed by atoms with E-state index >= 15 is 0 Å². The Morgan fingerprint density at radius 1 is 1.19 bits per heavy atom. The minimum absolute atomic E-state index is 0.421. The number of nitrogens with one attached hydrogen (secondary N) is 1. The van der Waals surface area contributed by atoms with Crippen LogP contribution in [-0.4, -0.2) is 27.5 Å². The lowest BCUT2D eigenvalue weighted by Gasteiger charge is -2.40. The fourth-order valence-corrected chi connectivity index (χ4v) is 3.55. The van der Waals surface area contributed by atoms with Gasteiger partial charge in [-0.3, -0.25) is 0 Å². The zero-order valence-electron chi connectivity index (χ0n) is 12.4. The van der Waals surface area contributed by atoms with Crippen LogP contribution in [0, 0.1) is 0 Å². The average Bonchev–Trinajstić information content (AvgIpc) is 2.48. The van der Waals surface area contributed by atoms with Gasteiger partial charge in [-0.25, -0.2) is 9.97 Å². The van der Waals surface area contributed by atoms with Gasteiger partial charge in [0.25, 0.3) is 0 Å². The van der Waals surface area contributed by atoms with Gasteiger partial charge in [0, 0.05) is 23.9 Å². The van der Waals surface area contributed by atoms with Crippen molar-refractivity contribution < 1.29 is 0 Å². The average molecular weight is 299 g/mol. The quantitative estimate of drug-likeness (QED) is 0.881. The standard InChI is InChI=1S/C17H21N3S/c1-21-17(9-5-10-17)13-19-15-8-11-18-16(20-15)12-14-6-3-2-4-7-14/h2-4,6-8,11H,5,9-10,12-13H2,1H3,(H,18,19,20). The fourth-order valence-electron chi connectivity index (χ4n) is 2.64. The number of rotatable bonds is 6. The molecule has 1 aromatic heterocycles. The highest BCUT2D eigenvalue weighted by atomic mass is 32.2. The summed E-state index contributed by atoms with van der Waals surface area (Å²) in [6, 6.07) is 12.3. The number of aromatic nitrogens is 2. The second-order valence-electron chi connectivity index (χ2n) is 5.61. The molecule has 2 aromatic rings. The Balaban J connectivity index is 1.63. The van der Waals surface area contributed by atoms with Crippen molar-refractivity contribution in [2.45, 2.75) is 30.4 Å². The predicted octanol–water partition coefficient (Wildman–Crippen LogP) is 3.77. The summed E-state index contributed by atoms with van der Waals surface area (Å²) in [6.07, 6.45) is 8.81. The first kappa shape index (κ1) is 14.4. The molecular formula is C17H21N3S. The summed E-state index contributed by atoms with van der Waals surface area (Å²) in [5, 5.41) is 3.49. The van der Waals surface area contributed by atoms with Gasteiger partial charge in [-0.15, -0.1) is 0 Å². The third kappa shape index (κ3) is 3.56. The Labute approximate surface area is 130 Å². The molecule has 1 aliphatic rings. The predicted molar refractivity (Wildman–Crippen MR) is 89.9 cm³/mol. The molecule has 0 saturated heterocycles.